The topological polar surface area (TPSA) is 328 Å². The fourth-order valence-corrected chi connectivity index (χ4v) is 5.02. The first-order chi connectivity index (χ1) is 23.3. The van der Waals surface area contributed by atoms with Gasteiger partial charge >= 0.3 is 5.97 Å². The van der Waals surface area contributed by atoms with E-state index in [1.165, 1.54) is 0 Å². The molecule has 0 unspecified atom stereocenters. The molecule has 0 radical (unpaired) electrons. The number of rotatable bonds is 16. The lowest BCUT2D eigenvalue weighted by Gasteiger charge is -2.26. The number of nitrogens with two attached hydrogens (primary N) is 4. The van der Waals surface area contributed by atoms with E-state index in [9.17, 15) is 38.7 Å². The van der Waals surface area contributed by atoms with Crippen molar-refractivity contribution >= 4 is 47.4 Å². The molecule has 1 saturated heterocycles. The van der Waals surface area contributed by atoms with E-state index in [0.29, 0.717) is 45.2 Å². The molecule has 1 aliphatic heterocycles. The van der Waals surface area contributed by atoms with Gasteiger partial charge in [0, 0.05) is 19.5 Å². The fraction of sp³-hybridized carbons (Fsp3) is 0.733. The third kappa shape index (κ3) is 17.4. The summed E-state index contributed by atoms with van der Waals surface area (Å²) in [6.07, 6.45) is 2.13. The highest BCUT2D eigenvalue weighted by atomic mass is 16.4. The van der Waals surface area contributed by atoms with Crippen LogP contribution in [0.25, 0.3) is 0 Å². The minimum atomic E-state index is -1.61. The van der Waals surface area contributed by atoms with Gasteiger partial charge in [0.25, 0.3) is 0 Å². The third-order valence-corrected chi connectivity index (χ3v) is 7.63. The lowest BCUT2D eigenvalue weighted by Crippen LogP contribution is -2.59. The molecular formula is C30H55N11O8. The standard InChI is InChI=1S/C30H55N11O8/c1-2-8-18-25(45)35-16-12-23(42)37-19(9-3-5-13-31)26(46)41-22(17-24(43)44)29(49)40-20(10-4-6-14-32)27(47)39-21(28(48)38-18)11-7-15-36-30(33)34/h18-22H,2-17,31-32H2,1H3,(H,35,45)(H,37,42)(H,38,48)(H,39,47)(H,40,49)(H,41,46)(H,43,44)(H4,33,34,36)/t18-,19-,20-,21-,22-/m0/s1. The van der Waals surface area contributed by atoms with Gasteiger partial charge in [0.2, 0.25) is 35.4 Å². The molecule has 49 heavy (non-hydrogen) atoms. The van der Waals surface area contributed by atoms with Crippen LogP contribution in [0.15, 0.2) is 4.99 Å². The van der Waals surface area contributed by atoms with Crippen molar-refractivity contribution in [3.8, 4) is 0 Å². The number of unbranched alkanes of at least 4 members (excludes halogenated alkanes) is 2. The summed E-state index contributed by atoms with van der Waals surface area (Å²) in [6, 6.07) is -6.18. The second-order valence-corrected chi connectivity index (χ2v) is 11.8. The Hall–Kier alpha value is -4.52. The van der Waals surface area contributed by atoms with Crippen LogP contribution >= 0.6 is 0 Å². The Balaban J connectivity index is 3.54. The number of nitrogens with one attached hydrogen (secondary N) is 6. The third-order valence-electron chi connectivity index (χ3n) is 7.63. The van der Waals surface area contributed by atoms with E-state index < -0.39 is 78.0 Å². The number of guanidine groups is 1. The maximum Gasteiger partial charge on any atom is 0.305 e. The van der Waals surface area contributed by atoms with E-state index in [1.807, 2.05) is 6.92 Å². The second-order valence-electron chi connectivity index (χ2n) is 11.8. The summed E-state index contributed by atoms with van der Waals surface area (Å²) in [5.41, 5.74) is 22.0. The molecule has 0 aromatic heterocycles. The van der Waals surface area contributed by atoms with E-state index in [1.54, 1.807) is 0 Å². The Morgan fingerprint density at radius 2 is 1.12 bits per heavy atom. The molecule has 278 valence electrons. The number of carboxylic acid groups (broad SMARTS) is 1. The van der Waals surface area contributed by atoms with Gasteiger partial charge in [-0.3, -0.25) is 38.6 Å². The zero-order valence-electron chi connectivity index (χ0n) is 28.3. The predicted octanol–water partition coefficient (Wildman–Crippen LogP) is -3.48. The van der Waals surface area contributed by atoms with Gasteiger partial charge in [0.1, 0.15) is 30.2 Å². The highest BCUT2D eigenvalue weighted by molar-refractivity contribution is 5.97. The molecule has 1 aliphatic rings. The van der Waals surface area contributed by atoms with Gasteiger partial charge in [0.05, 0.1) is 6.42 Å². The number of hydrogen-bond donors (Lipinski definition) is 11. The van der Waals surface area contributed by atoms with E-state index in [4.69, 9.17) is 22.9 Å². The van der Waals surface area contributed by atoms with Crippen LogP contribution in [0.1, 0.15) is 84.0 Å². The number of aliphatic carboxylic acids is 1. The molecule has 19 nitrogen and oxygen atoms in total. The molecule has 0 spiro atoms. The molecule has 15 N–H and O–H groups in total. The number of nitrogens with zero attached hydrogens (tertiary/aromatic N) is 1. The number of hydrogen-bond acceptors (Lipinski definition) is 10. The Morgan fingerprint density at radius 3 is 1.59 bits per heavy atom. The minimum Gasteiger partial charge on any atom is -0.481 e. The van der Waals surface area contributed by atoms with E-state index >= 15 is 0 Å². The number of carboxylic acids is 1. The quantitative estimate of drug-likeness (QED) is 0.0425. The lowest BCUT2D eigenvalue weighted by molar-refractivity contribution is -0.141. The van der Waals surface area contributed by atoms with E-state index in [0.717, 1.165) is 0 Å². The first-order valence-electron chi connectivity index (χ1n) is 16.8. The molecule has 0 aromatic rings. The van der Waals surface area contributed by atoms with Crippen molar-refractivity contribution in [2.75, 3.05) is 26.2 Å². The number of aliphatic imine (C=N–C) groups is 1. The Bertz CT molecular complexity index is 1150. The van der Waals surface area contributed by atoms with Gasteiger partial charge in [-0.1, -0.05) is 13.3 Å². The molecular weight excluding hydrogens is 642 g/mol. The van der Waals surface area contributed by atoms with Crippen molar-refractivity contribution in [3.05, 3.63) is 0 Å². The van der Waals surface area contributed by atoms with Gasteiger partial charge in [-0.15, -0.1) is 0 Å². The molecule has 1 rings (SSSR count). The van der Waals surface area contributed by atoms with Crippen LogP contribution < -0.4 is 54.8 Å². The summed E-state index contributed by atoms with van der Waals surface area (Å²) >= 11 is 0. The van der Waals surface area contributed by atoms with Crippen molar-refractivity contribution in [1.29, 1.82) is 0 Å². The van der Waals surface area contributed by atoms with Crippen molar-refractivity contribution in [2.24, 2.45) is 27.9 Å². The Kier molecular flexibility index (Phi) is 20.6. The first kappa shape index (κ1) is 42.5. The van der Waals surface area contributed by atoms with Crippen LogP contribution in [0.4, 0.5) is 0 Å². The average Bonchev–Trinajstić information content (AvgIpc) is 3.03. The van der Waals surface area contributed by atoms with Crippen LogP contribution in [0, 0.1) is 0 Å². The van der Waals surface area contributed by atoms with Gasteiger partial charge in [-0.25, -0.2) is 0 Å². The van der Waals surface area contributed by atoms with Crippen molar-refractivity contribution in [1.82, 2.24) is 31.9 Å². The van der Waals surface area contributed by atoms with Crippen LogP contribution in [0.2, 0.25) is 0 Å². The van der Waals surface area contributed by atoms with Crippen molar-refractivity contribution < 1.29 is 38.7 Å². The maximum absolute atomic E-state index is 13.6. The smallest absolute Gasteiger partial charge is 0.305 e. The normalized spacial score (nSPS) is 23.3. The van der Waals surface area contributed by atoms with Gasteiger partial charge in [0.15, 0.2) is 5.96 Å². The first-order valence-corrected chi connectivity index (χ1v) is 16.8. The van der Waals surface area contributed by atoms with Gasteiger partial charge in [-0.05, 0) is 70.9 Å². The highest BCUT2D eigenvalue weighted by Gasteiger charge is 2.33. The maximum atomic E-state index is 13.6. The van der Waals surface area contributed by atoms with Crippen molar-refractivity contribution in [3.63, 3.8) is 0 Å². The molecule has 1 heterocycles. The van der Waals surface area contributed by atoms with Crippen molar-refractivity contribution in [2.45, 2.75) is 114 Å². The summed E-state index contributed by atoms with van der Waals surface area (Å²) in [5, 5.41) is 25.0. The fourth-order valence-electron chi connectivity index (χ4n) is 5.02. The molecule has 0 bridgehead atoms. The minimum absolute atomic E-state index is 0.0572. The van der Waals surface area contributed by atoms with Crippen LogP contribution in [0.5, 0.6) is 0 Å². The molecule has 1 fully saturated rings. The van der Waals surface area contributed by atoms with Crippen LogP contribution in [0.3, 0.4) is 0 Å². The largest absolute Gasteiger partial charge is 0.481 e. The van der Waals surface area contributed by atoms with Crippen LogP contribution in [-0.4, -0.2) is 109 Å². The number of amides is 6. The molecule has 0 aromatic carbocycles. The van der Waals surface area contributed by atoms with Crippen LogP contribution in [-0.2, 0) is 33.6 Å². The SMILES string of the molecule is CCC[C@@H]1NC(=O)[C@H](CCCN=C(N)N)NC(=O)[C@H](CCCCN)NC(=O)[C@H](CC(=O)O)NC(=O)[C@H](CCCCN)NC(=O)CCNC1=O. The van der Waals surface area contributed by atoms with Gasteiger partial charge < -0.3 is 59.9 Å². The molecule has 0 aliphatic carbocycles. The summed E-state index contributed by atoms with van der Waals surface area (Å²) in [7, 11) is 0. The Morgan fingerprint density at radius 1 is 0.673 bits per heavy atom. The summed E-state index contributed by atoms with van der Waals surface area (Å²) < 4.78 is 0. The molecule has 5 atom stereocenters. The predicted molar refractivity (Wildman–Crippen MR) is 180 cm³/mol. The lowest BCUT2D eigenvalue weighted by atomic mass is 10.0. The van der Waals surface area contributed by atoms with E-state index in [-0.39, 0.29) is 57.6 Å². The summed E-state index contributed by atoms with van der Waals surface area (Å²) in [5.74, 6) is -5.89. The van der Waals surface area contributed by atoms with Gasteiger partial charge in [-0.2, -0.15) is 0 Å². The number of carbonyl (C=O) groups is 7. The summed E-state index contributed by atoms with van der Waals surface area (Å²) in [6.45, 7) is 2.47. The number of carbonyl (C=O) groups excluding carboxylic acids is 6. The highest BCUT2D eigenvalue weighted by Crippen LogP contribution is 2.09. The monoisotopic (exact) mass is 697 g/mol. The second kappa shape index (κ2) is 23.7. The molecule has 6 amide bonds. The molecule has 19 heteroatoms. The zero-order valence-corrected chi connectivity index (χ0v) is 28.3. The van der Waals surface area contributed by atoms with E-state index in [2.05, 4.69) is 36.9 Å². The summed E-state index contributed by atoms with van der Waals surface area (Å²) in [4.78, 5) is 95.5. The molecule has 0 saturated carbocycles. The Labute approximate surface area is 286 Å². The zero-order chi connectivity index (χ0) is 36.8. The average molecular weight is 698 g/mol.